The van der Waals surface area contributed by atoms with Crippen molar-refractivity contribution in [3.8, 4) is 0 Å². The van der Waals surface area contributed by atoms with E-state index < -0.39 is 0 Å². The molecule has 3 heteroatoms. The SMILES string of the molecule is Cc1nc(C)c(CNC(C)C2CC3CCC2C3)s1. The number of nitrogens with zero attached hydrogens (tertiary/aromatic N) is 1. The van der Waals surface area contributed by atoms with E-state index in [1.165, 1.54) is 41.3 Å². The zero-order chi connectivity index (χ0) is 12.7. The normalized spacial score (nSPS) is 32.1. The van der Waals surface area contributed by atoms with Gasteiger partial charge < -0.3 is 5.32 Å². The Morgan fingerprint density at radius 3 is 2.72 bits per heavy atom. The molecule has 100 valence electrons. The van der Waals surface area contributed by atoms with Crippen LogP contribution in [0.1, 0.15) is 48.2 Å². The first kappa shape index (κ1) is 12.6. The van der Waals surface area contributed by atoms with Gasteiger partial charge >= 0.3 is 0 Å². The fraction of sp³-hybridized carbons (Fsp3) is 0.800. The molecule has 4 atom stereocenters. The van der Waals surface area contributed by atoms with Gasteiger partial charge in [0.05, 0.1) is 10.7 Å². The largest absolute Gasteiger partial charge is 0.309 e. The second kappa shape index (κ2) is 4.93. The second-order valence-electron chi connectivity index (χ2n) is 6.25. The Morgan fingerprint density at radius 2 is 2.17 bits per heavy atom. The minimum Gasteiger partial charge on any atom is -0.309 e. The molecular weight excluding hydrogens is 240 g/mol. The van der Waals surface area contributed by atoms with Crippen molar-refractivity contribution in [2.24, 2.45) is 17.8 Å². The van der Waals surface area contributed by atoms with Crippen LogP contribution in [0.3, 0.4) is 0 Å². The van der Waals surface area contributed by atoms with Gasteiger partial charge in [0.1, 0.15) is 0 Å². The second-order valence-corrected chi connectivity index (χ2v) is 7.54. The minimum atomic E-state index is 0.669. The van der Waals surface area contributed by atoms with E-state index in [1.54, 1.807) is 0 Å². The maximum absolute atomic E-state index is 4.50. The van der Waals surface area contributed by atoms with Crippen LogP contribution < -0.4 is 5.32 Å². The lowest BCUT2D eigenvalue weighted by atomic mass is 9.84. The van der Waals surface area contributed by atoms with Crippen molar-refractivity contribution in [2.75, 3.05) is 0 Å². The van der Waals surface area contributed by atoms with Crippen LogP contribution in [0.5, 0.6) is 0 Å². The van der Waals surface area contributed by atoms with E-state index >= 15 is 0 Å². The van der Waals surface area contributed by atoms with Gasteiger partial charge in [-0.05, 0) is 57.8 Å². The maximum Gasteiger partial charge on any atom is 0.0900 e. The van der Waals surface area contributed by atoms with Gasteiger partial charge in [-0.2, -0.15) is 0 Å². The quantitative estimate of drug-likeness (QED) is 0.897. The summed E-state index contributed by atoms with van der Waals surface area (Å²) in [7, 11) is 0. The molecule has 2 aliphatic rings. The highest BCUT2D eigenvalue weighted by Crippen LogP contribution is 2.49. The lowest BCUT2D eigenvalue weighted by molar-refractivity contribution is 0.260. The molecule has 2 aliphatic carbocycles. The summed E-state index contributed by atoms with van der Waals surface area (Å²) >= 11 is 1.84. The van der Waals surface area contributed by atoms with Crippen molar-refractivity contribution in [1.82, 2.24) is 10.3 Å². The minimum absolute atomic E-state index is 0.669. The molecule has 0 aliphatic heterocycles. The van der Waals surface area contributed by atoms with Crippen LogP contribution in [0.15, 0.2) is 0 Å². The number of aromatic nitrogens is 1. The summed E-state index contributed by atoms with van der Waals surface area (Å²) in [5.41, 5.74) is 1.21. The molecule has 1 N–H and O–H groups in total. The molecule has 1 heterocycles. The van der Waals surface area contributed by atoms with Gasteiger partial charge in [-0.1, -0.05) is 6.42 Å². The zero-order valence-electron chi connectivity index (χ0n) is 11.7. The third kappa shape index (κ3) is 2.35. The molecule has 1 aromatic rings. The molecule has 0 saturated heterocycles. The molecule has 3 rings (SSSR count). The van der Waals surface area contributed by atoms with Crippen LogP contribution in [0.25, 0.3) is 0 Å². The van der Waals surface area contributed by atoms with E-state index in [4.69, 9.17) is 0 Å². The number of fused-ring (bicyclic) bond motifs is 2. The summed E-state index contributed by atoms with van der Waals surface area (Å²) < 4.78 is 0. The maximum atomic E-state index is 4.50. The fourth-order valence-corrected chi connectivity index (χ4v) is 4.94. The van der Waals surface area contributed by atoms with Gasteiger partial charge in [-0.3, -0.25) is 0 Å². The van der Waals surface area contributed by atoms with Crippen molar-refractivity contribution >= 4 is 11.3 Å². The first-order chi connectivity index (χ1) is 8.63. The van der Waals surface area contributed by atoms with E-state index in [0.29, 0.717) is 6.04 Å². The molecule has 1 aromatic heterocycles. The summed E-state index contributed by atoms with van der Waals surface area (Å²) in [5.74, 6) is 3.00. The Labute approximate surface area is 114 Å². The van der Waals surface area contributed by atoms with Crippen molar-refractivity contribution in [3.05, 3.63) is 15.6 Å². The lowest BCUT2D eigenvalue weighted by Gasteiger charge is -2.28. The van der Waals surface area contributed by atoms with E-state index in [1.807, 2.05) is 11.3 Å². The molecule has 18 heavy (non-hydrogen) atoms. The van der Waals surface area contributed by atoms with Crippen molar-refractivity contribution < 1.29 is 0 Å². The lowest BCUT2D eigenvalue weighted by Crippen LogP contribution is -2.35. The van der Waals surface area contributed by atoms with E-state index in [9.17, 15) is 0 Å². The molecule has 4 unspecified atom stereocenters. The summed E-state index contributed by atoms with van der Waals surface area (Å²) in [6.07, 6.45) is 5.97. The van der Waals surface area contributed by atoms with E-state index in [0.717, 1.165) is 24.3 Å². The molecule has 2 nitrogen and oxygen atoms in total. The predicted octanol–water partition coefficient (Wildman–Crippen LogP) is 3.67. The van der Waals surface area contributed by atoms with Gasteiger partial charge in [-0.15, -0.1) is 11.3 Å². The molecule has 0 radical (unpaired) electrons. The smallest absolute Gasteiger partial charge is 0.0900 e. The average molecular weight is 264 g/mol. The molecule has 2 bridgehead atoms. The molecule has 0 spiro atoms. The Morgan fingerprint density at radius 1 is 1.33 bits per heavy atom. The Hall–Kier alpha value is -0.410. The van der Waals surface area contributed by atoms with Crippen LogP contribution in [0, 0.1) is 31.6 Å². The third-order valence-corrected chi connectivity index (χ3v) is 6.09. The standard InChI is InChI=1S/C15H24N2S/c1-9(14-7-12-4-5-13(14)6-12)16-8-15-10(2)17-11(3)18-15/h9,12-14,16H,4-8H2,1-3H3. The van der Waals surface area contributed by atoms with Crippen molar-refractivity contribution in [2.45, 2.75) is 59.0 Å². The number of hydrogen-bond donors (Lipinski definition) is 1. The fourth-order valence-electron chi connectivity index (χ4n) is 4.05. The van der Waals surface area contributed by atoms with Crippen molar-refractivity contribution in [3.63, 3.8) is 0 Å². The monoisotopic (exact) mass is 264 g/mol. The first-order valence-electron chi connectivity index (χ1n) is 7.29. The Bertz CT molecular complexity index is 426. The van der Waals surface area contributed by atoms with Gasteiger partial charge in [0.2, 0.25) is 0 Å². The number of nitrogens with one attached hydrogen (secondary N) is 1. The average Bonchev–Trinajstić information content (AvgIpc) is 3.01. The summed E-state index contributed by atoms with van der Waals surface area (Å²) in [5, 5.41) is 4.94. The summed E-state index contributed by atoms with van der Waals surface area (Å²) in [6, 6.07) is 0.669. The van der Waals surface area contributed by atoms with Crippen LogP contribution >= 0.6 is 11.3 Å². The first-order valence-corrected chi connectivity index (χ1v) is 8.11. The van der Waals surface area contributed by atoms with E-state index in [2.05, 4.69) is 31.1 Å². The molecule has 2 fully saturated rings. The molecule has 2 saturated carbocycles. The summed E-state index contributed by atoms with van der Waals surface area (Å²) in [6.45, 7) is 7.62. The van der Waals surface area contributed by atoms with Gasteiger partial charge in [-0.25, -0.2) is 4.98 Å². The van der Waals surface area contributed by atoms with Crippen LogP contribution in [-0.2, 0) is 6.54 Å². The third-order valence-electron chi connectivity index (χ3n) is 5.02. The van der Waals surface area contributed by atoms with Crippen molar-refractivity contribution in [1.29, 1.82) is 0 Å². The highest BCUT2D eigenvalue weighted by Gasteiger charge is 2.41. The predicted molar refractivity (Wildman–Crippen MR) is 76.8 cm³/mol. The van der Waals surface area contributed by atoms with Crippen LogP contribution in [0.2, 0.25) is 0 Å². The highest BCUT2D eigenvalue weighted by molar-refractivity contribution is 7.11. The highest BCUT2D eigenvalue weighted by atomic mass is 32.1. The number of aryl methyl sites for hydroxylation is 2. The van der Waals surface area contributed by atoms with Crippen LogP contribution in [-0.4, -0.2) is 11.0 Å². The van der Waals surface area contributed by atoms with E-state index in [-0.39, 0.29) is 0 Å². The number of thiazole rings is 1. The van der Waals surface area contributed by atoms with Gasteiger partial charge in [0.25, 0.3) is 0 Å². The summed E-state index contributed by atoms with van der Waals surface area (Å²) in [4.78, 5) is 5.92. The molecular formula is C15H24N2S. The van der Waals surface area contributed by atoms with Gasteiger partial charge in [0, 0.05) is 17.5 Å². The number of hydrogen-bond acceptors (Lipinski definition) is 3. The zero-order valence-corrected chi connectivity index (χ0v) is 12.5. The Balaban J connectivity index is 1.55. The molecule has 0 amide bonds. The van der Waals surface area contributed by atoms with Crippen LogP contribution in [0.4, 0.5) is 0 Å². The topological polar surface area (TPSA) is 24.9 Å². The number of rotatable bonds is 4. The molecule has 0 aromatic carbocycles. The van der Waals surface area contributed by atoms with Gasteiger partial charge in [0.15, 0.2) is 0 Å². The Kier molecular flexibility index (Phi) is 3.46.